The smallest absolute Gasteiger partial charge is 0.145 e. The second kappa shape index (κ2) is 6.41. The Hall–Kier alpha value is -1.33. The number of pyridine rings is 1. The minimum Gasteiger partial charge on any atom is -0.306 e. The van der Waals surface area contributed by atoms with Crippen LogP contribution < -0.4 is 5.32 Å². The number of hydrogen-bond acceptors (Lipinski definition) is 2. The first-order chi connectivity index (χ1) is 9.54. The molecule has 0 aliphatic heterocycles. The molecular weight excluding hydrogens is 326 g/mol. The van der Waals surface area contributed by atoms with E-state index in [9.17, 15) is 8.78 Å². The summed E-state index contributed by atoms with van der Waals surface area (Å²) in [7, 11) is 0. The number of benzene rings is 1. The van der Waals surface area contributed by atoms with Crippen molar-refractivity contribution in [3.05, 3.63) is 63.4 Å². The highest BCUT2D eigenvalue weighted by Gasteiger charge is 2.23. The van der Waals surface area contributed by atoms with Gasteiger partial charge in [-0.3, -0.25) is 4.98 Å². The predicted molar refractivity (Wildman–Crippen MR) is 78.6 cm³/mol. The molecule has 0 saturated carbocycles. The Balaban J connectivity index is 2.57. The van der Waals surface area contributed by atoms with Gasteiger partial charge in [0.05, 0.1) is 10.5 Å². The van der Waals surface area contributed by atoms with Gasteiger partial charge in [0.25, 0.3) is 0 Å². The number of aromatic nitrogens is 1. The van der Waals surface area contributed by atoms with Crippen molar-refractivity contribution in [1.29, 1.82) is 0 Å². The number of nitrogens with zero attached hydrogens (tertiary/aromatic N) is 1. The summed E-state index contributed by atoms with van der Waals surface area (Å²) in [6.45, 7) is 4.34. The van der Waals surface area contributed by atoms with E-state index in [0.29, 0.717) is 6.54 Å². The molecule has 5 heteroatoms. The topological polar surface area (TPSA) is 24.9 Å². The fraction of sp³-hybridized carbons (Fsp3) is 0.267. The van der Waals surface area contributed by atoms with Crippen molar-refractivity contribution in [2.45, 2.75) is 19.9 Å². The third kappa shape index (κ3) is 3.04. The summed E-state index contributed by atoms with van der Waals surface area (Å²) in [6, 6.07) is 5.68. The van der Waals surface area contributed by atoms with Gasteiger partial charge in [-0.05, 0) is 59.2 Å². The van der Waals surface area contributed by atoms with Gasteiger partial charge in [0.1, 0.15) is 11.6 Å². The molecule has 106 valence electrons. The first-order valence-electron chi connectivity index (χ1n) is 6.34. The summed E-state index contributed by atoms with van der Waals surface area (Å²) in [5.41, 5.74) is 1.61. The average Bonchev–Trinajstić information content (AvgIpc) is 2.42. The SMILES string of the molecule is CCNC(c1ccnc(C)c1)c1c(F)ccc(Br)c1F. The third-order valence-electron chi connectivity index (χ3n) is 3.03. The quantitative estimate of drug-likeness (QED) is 0.846. The van der Waals surface area contributed by atoms with Crippen molar-refractivity contribution in [2.24, 2.45) is 0 Å². The molecular formula is C15H15BrF2N2. The van der Waals surface area contributed by atoms with Crippen LogP contribution >= 0.6 is 15.9 Å². The van der Waals surface area contributed by atoms with Crippen LogP contribution in [0.1, 0.15) is 29.8 Å². The van der Waals surface area contributed by atoms with Gasteiger partial charge in [-0.25, -0.2) is 8.78 Å². The van der Waals surface area contributed by atoms with Crippen molar-refractivity contribution >= 4 is 15.9 Å². The number of nitrogens with one attached hydrogen (secondary N) is 1. The zero-order valence-electron chi connectivity index (χ0n) is 11.3. The van der Waals surface area contributed by atoms with Crippen molar-refractivity contribution in [2.75, 3.05) is 6.54 Å². The first-order valence-corrected chi connectivity index (χ1v) is 7.13. The third-order valence-corrected chi connectivity index (χ3v) is 3.64. The molecule has 1 unspecified atom stereocenters. The summed E-state index contributed by atoms with van der Waals surface area (Å²) in [6.07, 6.45) is 1.64. The normalized spacial score (nSPS) is 12.4. The van der Waals surface area contributed by atoms with Gasteiger partial charge < -0.3 is 5.32 Å². The predicted octanol–water partition coefficient (Wildman–Crippen LogP) is 4.13. The zero-order chi connectivity index (χ0) is 14.7. The van der Waals surface area contributed by atoms with Crippen LogP contribution in [0.4, 0.5) is 8.78 Å². The van der Waals surface area contributed by atoms with E-state index in [-0.39, 0.29) is 10.0 Å². The Labute approximate surface area is 125 Å². The van der Waals surface area contributed by atoms with Crippen LogP contribution in [0, 0.1) is 18.6 Å². The second-order valence-electron chi connectivity index (χ2n) is 4.48. The molecule has 0 aliphatic carbocycles. The molecule has 0 bridgehead atoms. The highest BCUT2D eigenvalue weighted by molar-refractivity contribution is 9.10. The highest BCUT2D eigenvalue weighted by atomic mass is 79.9. The summed E-state index contributed by atoms with van der Waals surface area (Å²) in [5.74, 6) is -1.14. The summed E-state index contributed by atoms with van der Waals surface area (Å²) in [5, 5.41) is 3.12. The molecule has 2 aromatic rings. The Kier molecular flexibility index (Phi) is 4.83. The van der Waals surface area contributed by atoms with E-state index in [0.717, 1.165) is 11.3 Å². The van der Waals surface area contributed by atoms with Gasteiger partial charge in [-0.1, -0.05) is 6.92 Å². The van der Waals surface area contributed by atoms with E-state index in [1.54, 1.807) is 12.3 Å². The van der Waals surface area contributed by atoms with Crippen LogP contribution in [0.2, 0.25) is 0 Å². The molecule has 0 spiro atoms. The minimum absolute atomic E-state index is 0.0202. The molecule has 0 radical (unpaired) electrons. The molecule has 20 heavy (non-hydrogen) atoms. The van der Waals surface area contributed by atoms with Gasteiger partial charge in [0.15, 0.2) is 0 Å². The van der Waals surface area contributed by atoms with Crippen LogP contribution in [0.3, 0.4) is 0 Å². The summed E-state index contributed by atoms with van der Waals surface area (Å²) >= 11 is 3.10. The average molecular weight is 341 g/mol. The molecule has 0 saturated heterocycles. The molecule has 1 aromatic heterocycles. The van der Waals surface area contributed by atoms with Crippen molar-refractivity contribution in [3.8, 4) is 0 Å². The lowest BCUT2D eigenvalue weighted by Crippen LogP contribution is -2.24. The fourth-order valence-electron chi connectivity index (χ4n) is 2.15. The highest BCUT2D eigenvalue weighted by Crippen LogP contribution is 2.30. The monoisotopic (exact) mass is 340 g/mol. The van der Waals surface area contributed by atoms with Crippen molar-refractivity contribution in [1.82, 2.24) is 10.3 Å². The molecule has 2 nitrogen and oxygen atoms in total. The lowest BCUT2D eigenvalue weighted by Gasteiger charge is -2.21. The number of hydrogen-bond donors (Lipinski definition) is 1. The molecule has 0 aliphatic rings. The zero-order valence-corrected chi connectivity index (χ0v) is 12.8. The molecule has 2 rings (SSSR count). The Morgan fingerprint density at radius 2 is 2.05 bits per heavy atom. The molecule has 1 N–H and O–H groups in total. The standard InChI is InChI=1S/C15H15BrF2N2/c1-3-19-15(10-6-7-20-9(2)8-10)13-12(17)5-4-11(16)14(13)18/h4-8,15,19H,3H2,1-2H3. The van der Waals surface area contributed by atoms with Crippen molar-refractivity contribution in [3.63, 3.8) is 0 Å². The molecule has 0 amide bonds. The Morgan fingerprint density at radius 3 is 2.70 bits per heavy atom. The van der Waals surface area contributed by atoms with Crippen molar-refractivity contribution < 1.29 is 8.78 Å². The molecule has 1 aromatic carbocycles. The summed E-state index contributed by atoms with van der Waals surface area (Å²) < 4.78 is 28.6. The van der Waals surface area contributed by atoms with Crippen LogP contribution in [-0.2, 0) is 0 Å². The fourth-order valence-corrected chi connectivity index (χ4v) is 2.49. The van der Waals surface area contributed by atoms with Crippen LogP contribution in [0.15, 0.2) is 34.9 Å². The van der Waals surface area contributed by atoms with Crippen LogP contribution in [-0.4, -0.2) is 11.5 Å². The van der Waals surface area contributed by atoms with E-state index >= 15 is 0 Å². The molecule has 1 heterocycles. The van der Waals surface area contributed by atoms with E-state index in [2.05, 4.69) is 26.2 Å². The number of aryl methyl sites for hydroxylation is 1. The van der Waals surface area contributed by atoms with Gasteiger partial charge >= 0.3 is 0 Å². The lowest BCUT2D eigenvalue weighted by atomic mass is 9.98. The van der Waals surface area contributed by atoms with E-state index < -0.39 is 17.7 Å². The summed E-state index contributed by atoms with van der Waals surface area (Å²) in [4.78, 5) is 4.11. The van der Waals surface area contributed by atoms with Gasteiger partial charge in [0, 0.05) is 17.5 Å². The Bertz CT molecular complexity index is 617. The molecule has 0 fully saturated rings. The lowest BCUT2D eigenvalue weighted by molar-refractivity contribution is 0.507. The van der Waals surface area contributed by atoms with E-state index in [4.69, 9.17) is 0 Å². The maximum Gasteiger partial charge on any atom is 0.145 e. The van der Waals surface area contributed by atoms with Gasteiger partial charge in [-0.2, -0.15) is 0 Å². The maximum atomic E-state index is 14.3. The maximum absolute atomic E-state index is 14.3. The van der Waals surface area contributed by atoms with E-state index in [1.807, 2.05) is 19.9 Å². The van der Waals surface area contributed by atoms with Gasteiger partial charge in [0.2, 0.25) is 0 Å². The van der Waals surface area contributed by atoms with E-state index in [1.165, 1.54) is 12.1 Å². The largest absolute Gasteiger partial charge is 0.306 e. The van der Waals surface area contributed by atoms with Crippen LogP contribution in [0.5, 0.6) is 0 Å². The number of halogens is 3. The Morgan fingerprint density at radius 1 is 1.30 bits per heavy atom. The molecule has 1 atom stereocenters. The minimum atomic E-state index is -0.578. The second-order valence-corrected chi connectivity index (χ2v) is 5.33. The first kappa shape index (κ1) is 15.1. The van der Waals surface area contributed by atoms with Crippen LogP contribution in [0.25, 0.3) is 0 Å². The van der Waals surface area contributed by atoms with Gasteiger partial charge in [-0.15, -0.1) is 0 Å². The number of rotatable bonds is 4.